The van der Waals surface area contributed by atoms with E-state index in [1.165, 1.54) is 0 Å². The summed E-state index contributed by atoms with van der Waals surface area (Å²) in [6.07, 6.45) is 1.68. The topological polar surface area (TPSA) is 40.9 Å². The summed E-state index contributed by atoms with van der Waals surface area (Å²) >= 11 is 1.69. The van der Waals surface area contributed by atoms with Crippen LogP contribution in [0.3, 0.4) is 0 Å². The Balaban J connectivity index is 2.50. The summed E-state index contributed by atoms with van der Waals surface area (Å²) in [5.74, 6) is -0.182. The molecule has 2 nitrogen and oxygen atoms in total. The summed E-state index contributed by atoms with van der Waals surface area (Å²) in [4.78, 5) is 12.9. The third-order valence-electron chi connectivity index (χ3n) is 2.37. The molecule has 0 spiro atoms. The standard InChI is InChI=1S/C14H15NOS/c1-14(2,3)17-12-8-11(15)13(16)10-7-5-4-6-9(10)12/h4-8,15H,1-3H3. The molecular formula is C14H15NOS. The molecule has 1 N–H and O–H groups in total. The van der Waals surface area contributed by atoms with Gasteiger partial charge in [0.15, 0.2) is 0 Å². The lowest BCUT2D eigenvalue weighted by Gasteiger charge is -2.23. The third-order valence-corrected chi connectivity index (χ3v) is 3.54. The SMILES string of the molecule is CC(C)(C)SC1=CC(=N)C(=O)c2ccccc21. The first kappa shape index (κ1) is 12.1. The fourth-order valence-electron chi connectivity index (χ4n) is 1.73. The van der Waals surface area contributed by atoms with E-state index in [0.29, 0.717) is 5.56 Å². The second kappa shape index (κ2) is 4.15. The number of nitrogens with one attached hydrogen (secondary N) is 1. The first-order valence-corrected chi connectivity index (χ1v) is 6.33. The Hall–Kier alpha value is -1.35. The quantitative estimate of drug-likeness (QED) is 0.818. The van der Waals surface area contributed by atoms with Crippen molar-refractivity contribution < 1.29 is 4.79 Å². The van der Waals surface area contributed by atoms with E-state index in [1.807, 2.05) is 18.2 Å². The lowest BCUT2D eigenvalue weighted by atomic mass is 9.95. The Morgan fingerprint density at radius 2 is 1.71 bits per heavy atom. The van der Waals surface area contributed by atoms with Gasteiger partial charge in [-0.15, -0.1) is 11.8 Å². The van der Waals surface area contributed by atoms with Crippen LogP contribution < -0.4 is 0 Å². The molecular weight excluding hydrogens is 230 g/mol. The Bertz CT molecular complexity index is 523. The van der Waals surface area contributed by atoms with E-state index in [9.17, 15) is 4.79 Å². The number of fused-ring (bicyclic) bond motifs is 1. The molecule has 88 valence electrons. The predicted octanol–water partition coefficient (Wildman–Crippen LogP) is 3.78. The molecule has 2 rings (SSSR count). The van der Waals surface area contributed by atoms with Crippen molar-refractivity contribution in [3.8, 4) is 0 Å². The van der Waals surface area contributed by atoms with E-state index in [4.69, 9.17) is 5.41 Å². The molecule has 0 saturated heterocycles. The number of ketones is 1. The lowest BCUT2D eigenvalue weighted by Crippen LogP contribution is -2.19. The minimum atomic E-state index is -0.182. The van der Waals surface area contributed by atoms with Crippen LogP contribution >= 0.6 is 11.8 Å². The van der Waals surface area contributed by atoms with Crippen LogP contribution in [0.4, 0.5) is 0 Å². The van der Waals surface area contributed by atoms with E-state index in [2.05, 4.69) is 20.8 Å². The average Bonchev–Trinajstić information content (AvgIpc) is 2.24. The molecule has 0 bridgehead atoms. The second-order valence-electron chi connectivity index (χ2n) is 5.01. The van der Waals surface area contributed by atoms with Crippen LogP contribution in [0.25, 0.3) is 4.91 Å². The highest BCUT2D eigenvalue weighted by Crippen LogP contribution is 2.40. The molecule has 0 heterocycles. The zero-order valence-corrected chi connectivity index (χ0v) is 11.0. The van der Waals surface area contributed by atoms with Gasteiger partial charge >= 0.3 is 0 Å². The van der Waals surface area contributed by atoms with Crippen LogP contribution in [0.15, 0.2) is 30.3 Å². The van der Waals surface area contributed by atoms with Crippen LogP contribution in [-0.4, -0.2) is 16.2 Å². The molecule has 17 heavy (non-hydrogen) atoms. The zero-order valence-electron chi connectivity index (χ0n) is 10.2. The molecule has 0 aliphatic heterocycles. The molecule has 1 aromatic rings. The van der Waals surface area contributed by atoms with Crippen molar-refractivity contribution in [2.24, 2.45) is 0 Å². The van der Waals surface area contributed by atoms with Gasteiger partial charge in [-0.25, -0.2) is 0 Å². The highest BCUT2D eigenvalue weighted by Gasteiger charge is 2.25. The molecule has 0 atom stereocenters. The van der Waals surface area contributed by atoms with Gasteiger partial charge in [0, 0.05) is 15.2 Å². The maximum atomic E-state index is 11.8. The summed E-state index contributed by atoms with van der Waals surface area (Å²) in [6.45, 7) is 6.38. The lowest BCUT2D eigenvalue weighted by molar-refractivity contribution is 0.106. The maximum Gasteiger partial charge on any atom is 0.211 e. The Labute approximate surface area is 106 Å². The Morgan fingerprint density at radius 1 is 1.12 bits per heavy atom. The summed E-state index contributed by atoms with van der Waals surface area (Å²) in [6, 6.07) is 7.51. The summed E-state index contributed by atoms with van der Waals surface area (Å²) < 4.78 is 0.0691. The molecule has 0 amide bonds. The van der Waals surface area contributed by atoms with Gasteiger partial charge < -0.3 is 0 Å². The monoisotopic (exact) mass is 245 g/mol. The van der Waals surface area contributed by atoms with Crippen LogP contribution in [-0.2, 0) is 0 Å². The van der Waals surface area contributed by atoms with Gasteiger partial charge in [0.2, 0.25) is 5.78 Å². The summed E-state index contributed by atoms with van der Waals surface area (Å²) in [7, 11) is 0. The van der Waals surface area contributed by atoms with E-state index < -0.39 is 0 Å². The molecule has 1 aromatic carbocycles. The average molecular weight is 245 g/mol. The molecule has 0 radical (unpaired) electrons. The predicted molar refractivity (Wildman–Crippen MR) is 73.8 cm³/mol. The van der Waals surface area contributed by atoms with Crippen molar-refractivity contribution in [3.05, 3.63) is 41.5 Å². The van der Waals surface area contributed by atoms with Crippen LogP contribution in [0.2, 0.25) is 0 Å². The fourth-order valence-corrected chi connectivity index (χ4v) is 2.85. The zero-order chi connectivity index (χ0) is 12.6. The number of carbonyl (C=O) groups is 1. The first-order valence-electron chi connectivity index (χ1n) is 5.52. The van der Waals surface area contributed by atoms with Gasteiger partial charge in [0.05, 0.1) is 0 Å². The number of hydrogen-bond donors (Lipinski definition) is 1. The first-order chi connectivity index (χ1) is 7.88. The van der Waals surface area contributed by atoms with Crippen molar-refractivity contribution >= 4 is 28.2 Å². The maximum absolute atomic E-state index is 11.8. The van der Waals surface area contributed by atoms with Gasteiger partial charge in [-0.2, -0.15) is 0 Å². The van der Waals surface area contributed by atoms with Gasteiger partial charge in [-0.05, 0) is 11.6 Å². The normalized spacial score (nSPS) is 15.6. The molecule has 0 fully saturated rings. The number of hydrogen-bond acceptors (Lipinski definition) is 3. The number of benzene rings is 1. The van der Waals surface area contributed by atoms with Gasteiger partial charge in [-0.3, -0.25) is 10.2 Å². The van der Waals surface area contributed by atoms with Gasteiger partial charge in [0.25, 0.3) is 0 Å². The van der Waals surface area contributed by atoms with Gasteiger partial charge in [0.1, 0.15) is 5.71 Å². The smallest absolute Gasteiger partial charge is 0.211 e. The van der Waals surface area contributed by atoms with Crippen LogP contribution in [0, 0.1) is 5.41 Å². The second-order valence-corrected chi connectivity index (χ2v) is 6.88. The van der Waals surface area contributed by atoms with Crippen molar-refractivity contribution in [2.75, 3.05) is 0 Å². The van der Waals surface area contributed by atoms with E-state index in [1.54, 1.807) is 23.9 Å². The number of rotatable bonds is 1. The van der Waals surface area contributed by atoms with Crippen molar-refractivity contribution in [1.29, 1.82) is 5.41 Å². The highest BCUT2D eigenvalue weighted by atomic mass is 32.2. The van der Waals surface area contributed by atoms with E-state index in [-0.39, 0.29) is 16.2 Å². The van der Waals surface area contributed by atoms with E-state index >= 15 is 0 Å². The van der Waals surface area contributed by atoms with Crippen LogP contribution in [0.5, 0.6) is 0 Å². The number of allylic oxidation sites excluding steroid dienone is 1. The molecule has 1 aliphatic carbocycles. The van der Waals surface area contributed by atoms with Crippen LogP contribution in [0.1, 0.15) is 36.7 Å². The minimum absolute atomic E-state index is 0.0691. The molecule has 0 saturated carbocycles. The summed E-state index contributed by atoms with van der Waals surface area (Å²) in [5.41, 5.74) is 1.68. The largest absolute Gasteiger partial charge is 0.297 e. The number of carbonyl (C=O) groups excluding carboxylic acids is 1. The molecule has 0 aromatic heterocycles. The number of Topliss-reactive ketones (excluding diaryl/α,β-unsaturated/α-hetero) is 1. The molecule has 0 unspecified atom stereocenters. The Morgan fingerprint density at radius 3 is 2.29 bits per heavy atom. The molecule has 1 aliphatic rings. The van der Waals surface area contributed by atoms with Gasteiger partial charge in [-0.1, -0.05) is 45.0 Å². The fraction of sp³-hybridized carbons (Fsp3) is 0.286. The highest BCUT2D eigenvalue weighted by molar-refractivity contribution is 8.09. The Kier molecular flexibility index (Phi) is 2.96. The summed E-state index contributed by atoms with van der Waals surface area (Å²) in [5, 5.41) is 7.72. The van der Waals surface area contributed by atoms with Crippen molar-refractivity contribution in [3.63, 3.8) is 0 Å². The van der Waals surface area contributed by atoms with Crippen molar-refractivity contribution in [2.45, 2.75) is 25.5 Å². The van der Waals surface area contributed by atoms with Crippen molar-refractivity contribution in [1.82, 2.24) is 0 Å². The number of thioether (sulfide) groups is 1. The molecule has 3 heteroatoms. The third kappa shape index (κ3) is 2.50. The van der Waals surface area contributed by atoms with E-state index in [0.717, 1.165) is 10.5 Å². The minimum Gasteiger partial charge on any atom is -0.297 e.